The average Bonchev–Trinajstić information content (AvgIpc) is 2.15. The van der Waals surface area contributed by atoms with Crippen molar-refractivity contribution >= 4 is 0 Å². The van der Waals surface area contributed by atoms with Crippen LogP contribution in [0.1, 0.15) is 12.5 Å². The second-order valence-electron chi connectivity index (χ2n) is 2.97. The number of hydrogen-bond donors (Lipinski definition) is 1. The minimum Gasteiger partial charge on any atom is -0.492 e. The first-order valence-electron chi connectivity index (χ1n) is 4.73. The van der Waals surface area contributed by atoms with Crippen molar-refractivity contribution in [1.29, 1.82) is 0 Å². The first-order chi connectivity index (χ1) is 6.34. The van der Waals surface area contributed by atoms with E-state index >= 15 is 0 Å². The highest BCUT2D eigenvalue weighted by atomic mass is 16.5. The normalized spacial score (nSPS) is 10.0. The van der Waals surface area contributed by atoms with Crippen LogP contribution in [0.2, 0.25) is 0 Å². The van der Waals surface area contributed by atoms with Crippen molar-refractivity contribution in [2.45, 2.75) is 13.8 Å². The van der Waals surface area contributed by atoms with Gasteiger partial charge >= 0.3 is 0 Å². The maximum Gasteiger partial charge on any atom is 0.122 e. The fourth-order valence-electron chi connectivity index (χ4n) is 1.13. The number of aryl methyl sites for hydroxylation is 1. The maximum absolute atomic E-state index is 5.58. The summed E-state index contributed by atoms with van der Waals surface area (Å²) in [5.74, 6) is 0.986. The van der Waals surface area contributed by atoms with Gasteiger partial charge in [0.2, 0.25) is 0 Å². The molecule has 2 nitrogen and oxygen atoms in total. The van der Waals surface area contributed by atoms with E-state index in [4.69, 9.17) is 4.74 Å². The summed E-state index contributed by atoms with van der Waals surface area (Å²) in [5, 5.41) is 3.21. The topological polar surface area (TPSA) is 21.3 Å². The Balaban J connectivity index is 2.32. The van der Waals surface area contributed by atoms with E-state index in [9.17, 15) is 0 Å². The molecule has 0 saturated heterocycles. The molecular formula is C11H17NO. The third-order valence-corrected chi connectivity index (χ3v) is 1.88. The predicted octanol–water partition coefficient (Wildman–Crippen LogP) is 1.98. The quantitative estimate of drug-likeness (QED) is 0.698. The monoisotopic (exact) mass is 179 g/mol. The summed E-state index contributed by atoms with van der Waals surface area (Å²) in [6.07, 6.45) is 0. The molecule has 1 rings (SSSR count). The number of likely N-dealkylation sites (N-methyl/N-ethyl adjacent to an activating group) is 1. The summed E-state index contributed by atoms with van der Waals surface area (Å²) in [6.45, 7) is 6.79. The number of para-hydroxylation sites is 1. The van der Waals surface area contributed by atoms with Gasteiger partial charge in [0.1, 0.15) is 12.4 Å². The molecule has 2 heteroatoms. The molecule has 0 unspecified atom stereocenters. The number of hydrogen-bond acceptors (Lipinski definition) is 2. The van der Waals surface area contributed by atoms with E-state index in [1.165, 1.54) is 5.56 Å². The maximum atomic E-state index is 5.58. The number of benzene rings is 1. The number of rotatable bonds is 5. The second-order valence-corrected chi connectivity index (χ2v) is 2.97. The summed E-state index contributed by atoms with van der Waals surface area (Å²) in [4.78, 5) is 0. The van der Waals surface area contributed by atoms with Crippen LogP contribution in [-0.4, -0.2) is 19.7 Å². The molecule has 0 saturated carbocycles. The van der Waals surface area contributed by atoms with Crippen LogP contribution in [0, 0.1) is 6.92 Å². The van der Waals surface area contributed by atoms with Gasteiger partial charge < -0.3 is 10.1 Å². The molecule has 0 atom stereocenters. The van der Waals surface area contributed by atoms with Gasteiger partial charge in [-0.1, -0.05) is 25.1 Å². The average molecular weight is 179 g/mol. The van der Waals surface area contributed by atoms with Crippen molar-refractivity contribution in [3.05, 3.63) is 29.8 Å². The molecule has 1 aromatic rings. The Kier molecular flexibility index (Phi) is 4.33. The van der Waals surface area contributed by atoms with E-state index in [0.717, 1.165) is 25.4 Å². The minimum atomic E-state index is 0.735. The molecule has 0 aliphatic rings. The molecule has 72 valence electrons. The molecule has 0 fully saturated rings. The predicted molar refractivity (Wildman–Crippen MR) is 55.2 cm³/mol. The molecule has 1 aromatic carbocycles. The van der Waals surface area contributed by atoms with Gasteiger partial charge in [-0.2, -0.15) is 0 Å². The lowest BCUT2D eigenvalue weighted by molar-refractivity contribution is 0.313. The van der Waals surface area contributed by atoms with Crippen LogP contribution in [0.15, 0.2) is 24.3 Å². The van der Waals surface area contributed by atoms with E-state index in [-0.39, 0.29) is 0 Å². The van der Waals surface area contributed by atoms with Crippen LogP contribution < -0.4 is 10.1 Å². The highest BCUT2D eigenvalue weighted by Gasteiger charge is 1.95. The number of ether oxygens (including phenoxy) is 1. The van der Waals surface area contributed by atoms with Gasteiger partial charge in [0, 0.05) is 6.54 Å². The Labute approximate surface area is 79.9 Å². The summed E-state index contributed by atoms with van der Waals surface area (Å²) >= 11 is 0. The summed E-state index contributed by atoms with van der Waals surface area (Å²) in [5.41, 5.74) is 1.19. The highest BCUT2D eigenvalue weighted by Crippen LogP contribution is 2.15. The molecule has 1 N–H and O–H groups in total. The standard InChI is InChI=1S/C11H17NO/c1-3-12-8-9-13-11-7-5-4-6-10(11)2/h4-7,12H,3,8-9H2,1-2H3. The SMILES string of the molecule is CCNCCOc1ccccc1C. The zero-order valence-corrected chi connectivity index (χ0v) is 8.34. The molecule has 0 bridgehead atoms. The zero-order chi connectivity index (χ0) is 9.52. The van der Waals surface area contributed by atoms with Crippen LogP contribution in [-0.2, 0) is 0 Å². The lowest BCUT2D eigenvalue weighted by Crippen LogP contribution is -2.20. The Hall–Kier alpha value is -1.02. The third-order valence-electron chi connectivity index (χ3n) is 1.88. The van der Waals surface area contributed by atoms with Crippen molar-refractivity contribution in [2.75, 3.05) is 19.7 Å². The third kappa shape index (κ3) is 3.47. The number of nitrogens with one attached hydrogen (secondary N) is 1. The van der Waals surface area contributed by atoms with E-state index in [0.29, 0.717) is 0 Å². The second kappa shape index (κ2) is 5.60. The molecule has 0 aliphatic carbocycles. The van der Waals surface area contributed by atoms with Gasteiger partial charge in [-0.05, 0) is 25.1 Å². The summed E-state index contributed by atoms with van der Waals surface area (Å²) in [7, 11) is 0. The fourth-order valence-corrected chi connectivity index (χ4v) is 1.13. The van der Waals surface area contributed by atoms with E-state index < -0.39 is 0 Å². The molecule has 0 aliphatic heterocycles. The summed E-state index contributed by atoms with van der Waals surface area (Å²) in [6, 6.07) is 8.08. The largest absolute Gasteiger partial charge is 0.492 e. The Morgan fingerprint density at radius 3 is 2.77 bits per heavy atom. The molecular weight excluding hydrogens is 162 g/mol. The van der Waals surface area contributed by atoms with E-state index in [2.05, 4.69) is 25.2 Å². The van der Waals surface area contributed by atoms with Gasteiger partial charge in [0.25, 0.3) is 0 Å². The van der Waals surface area contributed by atoms with Gasteiger partial charge in [0.15, 0.2) is 0 Å². The molecule has 0 radical (unpaired) electrons. The molecule has 0 spiro atoms. The first kappa shape index (κ1) is 10.1. The zero-order valence-electron chi connectivity index (χ0n) is 8.34. The smallest absolute Gasteiger partial charge is 0.122 e. The lowest BCUT2D eigenvalue weighted by Gasteiger charge is -2.08. The van der Waals surface area contributed by atoms with Crippen molar-refractivity contribution in [2.24, 2.45) is 0 Å². The van der Waals surface area contributed by atoms with Gasteiger partial charge in [-0.25, -0.2) is 0 Å². The first-order valence-corrected chi connectivity index (χ1v) is 4.73. The molecule has 13 heavy (non-hydrogen) atoms. The lowest BCUT2D eigenvalue weighted by atomic mass is 10.2. The molecule has 0 aromatic heterocycles. The van der Waals surface area contributed by atoms with E-state index in [1.807, 2.05) is 18.2 Å². The minimum absolute atomic E-state index is 0.735. The van der Waals surface area contributed by atoms with Gasteiger partial charge in [-0.15, -0.1) is 0 Å². The highest BCUT2D eigenvalue weighted by molar-refractivity contribution is 5.31. The fraction of sp³-hybridized carbons (Fsp3) is 0.455. The Morgan fingerprint density at radius 2 is 2.08 bits per heavy atom. The van der Waals surface area contributed by atoms with Crippen LogP contribution in [0.5, 0.6) is 5.75 Å². The van der Waals surface area contributed by atoms with Gasteiger partial charge in [-0.3, -0.25) is 0 Å². The van der Waals surface area contributed by atoms with Crippen LogP contribution in [0.3, 0.4) is 0 Å². The Bertz CT molecular complexity index is 248. The van der Waals surface area contributed by atoms with Crippen LogP contribution >= 0.6 is 0 Å². The van der Waals surface area contributed by atoms with Crippen molar-refractivity contribution in [3.8, 4) is 5.75 Å². The van der Waals surface area contributed by atoms with Crippen LogP contribution in [0.4, 0.5) is 0 Å². The van der Waals surface area contributed by atoms with E-state index in [1.54, 1.807) is 0 Å². The molecule has 0 amide bonds. The van der Waals surface area contributed by atoms with Crippen molar-refractivity contribution in [1.82, 2.24) is 5.32 Å². The van der Waals surface area contributed by atoms with Gasteiger partial charge in [0.05, 0.1) is 0 Å². The molecule has 0 heterocycles. The van der Waals surface area contributed by atoms with Crippen molar-refractivity contribution < 1.29 is 4.74 Å². The Morgan fingerprint density at radius 1 is 1.31 bits per heavy atom. The van der Waals surface area contributed by atoms with Crippen LogP contribution in [0.25, 0.3) is 0 Å². The van der Waals surface area contributed by atoms with Crippen molar-refractivity contribution in [3.63, 3.8) is 0 Å². The summed E-state index contributed by atoms with van der Waals surface area (Å²) < 4.78 is 5.58.